The van der Waals surface area contributed by atoms with E-state index in [1.807, 2.05) is 12.1 Å². The Morgan fingerprint density at radius 1 is 1.15 bits per heavy atom. The normalized spacial score (nSPS) is 18.2. The summed E-state index contributed by atoms with van der Waals surface area (Å²) in [6, 6.07) is 10.7. The Balaban J connectivity index is 0.00000324. The fourth-order valence-electron chi connectivity index (χ4n) is 3.99. The molecule has 0 saturated heterocycles. The molecule has 1 amide bonds. The molecule has 2 aromatic heterocycles. The number of rotatable bonds is 7. The van der Waals surface area contributed by atoms with E-state index in [0.29, 0.717) is 47.9 Å². The van der Waals surface area contributed by atoms with Crippen LogP contribution in [0.3, 0.4) is 0 Å². The Kier molecular flexibility index (Phi) is 8.46. The summed E-state index contributed by atoms with van der Waals surface area (Å²) in [6.45, 7) is 2.11. The number of carbonyl (C=O) groups excluding carboxylic acids is 1. The van der Waals surface area contributed by atoms with Crippen LogP contribution in [0.2, 0.25) is 0 Å². The molecule has 4 rings (SSSR count). The number of benzene rings is 1. The largest absolute Gasteiger partial charge is 0.441 e. The van der Waals surface area contributed by atoms with Crippen molar-refractivity contribution in [3.8, 4) is 11.5 Å². The molecular formula is C24H29ClN4O4S. The number of nitrogens with one attached hydrogen (secondary N) is 1. The van der Waals surface area contributed by atoms with Crippen molar-refractivity contribution in [3.05, 3.63) is 71.4 Å². The van der Waals surface area contributed by atoms with Gasteiger partial charge in [-0.15, -0.1) is 12.4 Å². The van der Waals surface area contributed by atoms with Gasteiger partial charge in [0.15, 0.2) is 9.84 Å². The molecular weight excluding hydrogens is 476 g/mol. The maximum atomic E-state index is 12.9. The maximum Gasteiger partial charge on any atom is 0.251 e. The zero-order chi connectivity index (χ0) is 23.4. The number of nitrogens with two attached hydrogens (primary N) is 1. The van der Waals surface area contributed by atoms with Gasteiger partial charge < -0.3 is 15.5 Å². The van der Waals surface area contributed by atoms with E-state index in [9.17, 15) is 13.2 Å². The van der Waals surface area contributed by atoms with Crippen molar-refractivity contribution in [1.29, 1.82) is 0 Å². The lowest BCUT2D eigenvalue weighted by atomic mass is 9.96. The van der Waals surface area contributed by atoms with Gasteiger partial charge in [0.25, 0.3) is 5.91 Å². The molecule has 8 nitrogen and oxygen atoms in total. The zero-order valence-electron chi connectivity index (χ0n) is 18.9. The minimum atomic E-state index is -3.33. The summed E-state index contributed by atoms with van der Waals surface area (Å²) >= 11 is 0. The molecule has 1 aromatic carbocycles. The van der Waals surface area contributed by atoms with E-state index in [-0.39, 0.29) is 35.4 Å². The lowest BCUT2D eigenvalue weighted by Gasteiger charge is -2.25. The summed E-state index contributed by atoms with van der Waals surface area (Å²) in [5, 5.41) is 2.48. The highest BCUT2D eigenvalue weighted by Gasteiger charge is 2.31. The van der Waals surface area contributed by atoms with Gasteiger partial charge in [0.05, 0.1) is 16.7 Å². The van der Waals surface area contributed by atoms with Crippen molar-refractivity contribution in [1.82, 2.24) is 15.3 Å². The van der Waals surface area contributed by atoms with Gasteiger partial charge >= 0.3 is 0 Å². The average Bonchev–Trinajstić information content (AvgIpc) is 3.18. The van der Waals surface area contributed by atoms with Gasteiger partial charge in [-0.05, 0) is 68.5 Å². The smallest absolute Gasteiger partial charge is 0.251 e. The van der Waals surface area contributed by atoms with Gasteiger partial charge in [-0.2, -0.15) is 0 Å². The minimum Gasteiger partial charge on any atom is -0.441 e. The second kappa shape index (κ2) is 11.1. The third kappa shape index (κ3) is 6.22. The van der Waals surface area contributed by atoms with Crippen LogP contribution >= 0.6 is 12.4 Å². The van der Waals surface area contributed by atoms with Crippen LogP contribution in [0.1, 0.15) is 53.1 Å². The highest BCUT2D eigenvalue weighted by atomic mass is 35.5. The summed E-state index contributed by atoms with van der Waals surface area (Å²) in [4.78, 5) is 20.9. The first-order valence-corrected chi connectivity index (χ1v) is 12.7. The van der Waals surface area contributed by atoms with Crippen molar-refractivity contribution < 1.29 is 17.6 Å². The number of aromatic nitrogens is 2. The second-order valence-electron chi connectivity index (χ2n) is 8.49. The average molecular weight is 505 g/mol. The highest BCUT2D eigenvalue weighted by Crippen LogP contribution is 2.28. The first-order chi connectivity index (χ1) is 15.8. The number of carbonyl (C=O) groups is 1. The molecule has 1 aliphatic rings. The van der Waals surface area contributed by atoms with Gasteiger partial charge in [0, 0.05) is 36.1 Å². The van der Waals surface area contributed by atoms with Crippen LogP contribution in [0.15, 0.2) is 53.2 Å². The molecule has 10 heteroatoms. The van der Waals surface area contributed by atoms with E-state index in [1.54, 1.807) is 43.6 Å². The first-order valence-electron chi connectivity index (χ1n) is 11.0. The SMILES string of the molecule is Cc1oc(-c2ccc(C(=O)NCc3cccnc3)cc2)nc1CS(=O)(=O)[C@H]1CC[C@H](N)CC1.Cl. The summed E-state index contributed by atoms with van der Waals surface area (Å²) < 4.78 is 31.5. The molecule has 0 unspecified atom stereocenters. The predicted octanol–water partition coefficient (Wildman–Crippen LogP) is 3.58. The van der Waals surface area contributed by atoms with E-state index in [2.05, 4.69) is 15.3 Å². The van der Waals surface area contributed by atoms with Gasteiger partial charge in [0.2, 0.25) is 5.89 Å². The Bertz CT molecular complexity index is 1210. The van der Waals surface area contributed by atoms with Crippen molar-refractivity contribution >= 4 is 28.2 Å². The first kappa shape index (κ1) is 25.9. The fraction of sp³-hybridized carbons (Fsp3) is 0.375. The van der Waals surface area contributed by atoms with Gasteiger partial charge in [0.1, 0.15) is 5.76 Å². The van der Waals surface area contributed by atoms with Crippen LogP contribution in [0.5, 0.6) is 0 Å². The minimum absolute atomic E-state index is 0. The van der Waals surface area contributed by atoms with Crippen LogP contribution in [-0.4, -0.2) is 35.6 Å². The summed E-state index contributed by atoms with van der Waals surface area (Å²) in [7, 11) is -3.33. The van der Waals surface area contributed by atoms with Gasteiger partial charge in [-0.3, -0.25) is 9.78 Å². The Hall–Kier alpha value is -2.75. The number of aryl methyl sites for hydroxylation is 1. The van der Waals surface area contributed by atoms with Crippen LogP contribution in [0.4, 0.5) is 0 Å². The third-order valence-corrected chi connectivity index (χ3v) is 8.19. The summed E-state index contributed by atoms with van der Waals surface area (Å²) in [5.74, 6) is 0.481. The van der Waals surface area contributed by atoms with E-state index in [1.165, 1.54) is 0 Å². The Morgan fingerprint density at radius 2 is 1.85 bits per heavy atom. The molecule has 0 radical (unpaired) electrons. The maximum absolute atomic E-state index is 12.9. The topological polar surface area (TPSA) is 128 Å². The standard InChI is InChI=1S/C24H28N4O4S.ClH/c1-16-22(15-33(30,31)21-10-8-20(25)9-11-21)28-24(32-16)19-6-4-18(5-7-19)23(29)27-14-17-3-2-12-26-13-17;/h2-7,12-13,20-21H,8-11,14-15,25H2,1H3,(H,27,29);1H/t20-,21-;. The molecule has 0 bridgehead atoms. The molecule has 0 spiro atoms. The molecule has 2 heterocycles. The summed E-state index contributed by atoms with van der Waals surface area (Å²) in [5.41, 5.74) is 8.43. The molecule has 3 N–H and O–H groups in total. The van der Waals surface area contributed by atoms with Crippen molar-refractivity contribution in [3.63, 3.8) is 0 Å². The Labute approximate surface area is 205 Å². The van der Waals surface area contributed by atoms with E-state index < -0.39 is 9.84 Å². The molecule has 3 aromatic rings. The lowest BCUT2D eigenvalue weighted by molar-refractivity contribution is 0.0951. The van der Waals surface area contributed by atoms with Gasteiger partial charge in [-0.1, -0.05) is 6.07 Å². The molecule has 1 fully saturated rings. The molecule has 1 saturated carbocycles. The predicted molar refractivity (Wildman–Crippen MR) is 132 cm³/mol. The van der Waals surface area contributed by atoms with Crippen molar-refractivity contribution in [2.75, 3.05) is 0 Å². The molecule has 0 atom stereocenters. The quantitative estimate of drug-likeness (QED) is 0.503. The van der Waals surface area contributed by atoms with Crippen molar-refractivity contribution in [2.45, 2.75) is 56.2 Å². The van der Waals surface area contributed by atoms with Crippen LogP contribution in [-0.2, 0) is 22.1 Å². The second-order valence-corrected chi connectivity index (χ2v) is 10.8. The third-order valence-electron chi connectivity index (χ3n) is 6.03. The van der Waals surface area contributed by atoms with Crippen molar-refractivity contribution in [2.24, 2.45) is 5.73 Å². The van der Waals surface area contributed by atoms with E-state index in [0.717, 1.165) is 18.4 Å². The molecule has 0 aliphatic heterocycles. The monoisotopic (exact) mass is 504 g/mol. The molecule has 34 heavy (non-hydrogen) atoms. The highest BCUT2D eigenvalue weighted by molar-refractivity contribution is 7.91. The molecule has 1 aliphatic carbocycles. The van der Waals surface area contributed by atoms with E-state index >= 15 is 0 Å². The number of halogens is 1. The zero-order valence-corrected chi connectivity index (χ0v) is 20.6. The van der Waals surface area contributed by atoms with Crippen LogP contribution in [0, 0.1) is 6.92 Å². The number of hydrogen-bond donors (Lipinski definition) is 2. The molecule has 182 valence electrons. The Morgan fingerprint density at radius 3 is 2.50 bits per heavy atom. The van der Waals surface area contributed by atoms with E-state index in [4.69, 9.17) is 10.2 Å². The van der Waals surface area contributed by atoms with Crippen LogP contribution in [0.25, 0.3) is 11.5 Å². The number of sulfone groups is 1. The summed E-state index contributed by atoms with van der Waals surface area (Å²) in [6.07, 6.45) is 6.04. The number of pyridine rings is 1. The van der Waals surface area contributed by atoms with Crippen LogP contribution < -0.4 is 11.1 Å². The lowest BCUT2D eigenvalue weighted by Crippen LogP contribution is -2.33. The number of nitrogens with zero attached hydrogens (tertiary/aromatic N) is 2. The number of amides is 1. The number of oxazole rings is 1. The van der Waals surface area contributed by atoms with Gasteiger partial charge in [-0.25, -0.2) is 13.4 Å². The number of hydrogen-bond acceptors (Lipinski definition) is 7. The fourth-order valence-corrected chi connectivity index (χ4v) is 5.87.